The molecule has 5 atom stereocenters. The van der Waals surface area contributed by atoms with Crippen LogP contribution in [0.5, 0.6) is 0 Å². The molecular weight excluding hydrogens is 509 g/mol. The third kappa shape index (κ3) is 4.06. The van der Waals surface area contributed by atoms with Gasteiger partial charge in [0, 0.05) is 54.4 Å². The summed E-state index contributed by atoms with van der Waals surface area (Å²) in [5.74, 6) is -0.620. The van der Waals surface area contributed by atoms with Crippen molar-refractivity contribution in [1.29, 1.82) is 5.26 Å². The number of hydrogen-bond acceptors (Lipinski definition) is 8. The van der Waals surface area contributed by atoms with Crippen LogP contribution in [0.25, 0.3) is 11.1 Å². The summed E-state index contributed by atoms with van der Waals surface area (Å²) in [7, 11) is 0. The van der Waals surface area contributed by atoms with Crippen molar-refractivity contribution in [2.45, 2.75) is 44.8 Å². The van der Waals surface area contributed by atoms with Crippen LogP contribution in [0.4, 0.5) is 19.7 Å². The second-order valence-corrected chi connectivity index (χ2v) is 11.2. The summed E-state index contributed by atoms with van der Waals surface area (Å²) in [4.78, 5) is 31.1. The van der Waals surface area contributed by atoms with Gasteiger partial charge in [-0.1, -0.05) is 10.7 Å². The average molecular weight is 537 g/mol. The predicted octanol–water partition coefficient (Wildman–Crippen LogP) is 5.01. The van der Waals surface area contributed by atoms with E-state index in [1.807, 2.05) is 20.8 Å². The molecule has 2 aliphatic heterocycles. The van der Waals surface area contributed by atoms with Crippen LogP contribution in [-0.2, 0) is 14.9 Å². The topological polar surface area (TPSA) is 105 Å². The summed E-state index contributed by atoms with van der Waals surface area (Å²) in [5.41, 5.74) is 0.336. The van der Waals surface area contributed by atoms with Gasteiger partial charge in [-0.25, -0.2) is 9.18 Å². The number of pyridine rings is 1. The van der Waals surface area contributed by atoms with Crippen molar-refractivity contribution in [3.63, 3.8) is 0 Å². The van der Waals surface area contributed by atoms with Gasteiger partial charge in [0.15, 0.2) is 18.3 Å². The van der Waals surface area contributed by atoms with Gasteiger partial charge in [0.25, 0.3) is 0 Å². The Morgan fingerprint density at radius 3 is 2.53 bits per heavy atom. The average Bonchev–Trinajstić information content (AvgIpc) is 3.10. The van der Waals surface area contributed by atoms with Crippen LogP contribution in [0.3, 0.4) is 0 Å². The second-order valence-electron chi connectivity index (χ2n) is 11.0. The molecule has 2 amide bonds. The number of aromatic nitrogens is 1. The number of hydrogen-bond donors (Lipinski definition) is 0. The standard InChI is InChI=1S/C27H27FN5O4S/c1-16-13-33(31-15-38,25(35)36-16)18-6-7-19(22(28)9-18)17-5-8-23(30-10-17)27(14-29)20-11-32(12-21(20)27)24(34)37-26(2,3)4/h5-10,16,20-21H,11-13H2,1-4H3/q+1/t16-,20-,21+,27?,33?/m0/s1. The van der Waals surface area contributed by atoms with Crippen molar-refractivity contribution in [3.8, 4) is 17.2 Å². The molecule has 11 heteroatoms. The van der Waals surface area contributed by atoms with E-state index in [-0.39, 0.29) is 35.7 Å². The molecule has 2 saturated heterocycles. The number of amides is 2. The lowest BCUT2D eigenvalue weighted by Crippen LogP contribution is -2.45. The molecule has 0 bridgehead atoms. The number of rotatable bonds is 4. The van der Waals surface area contributed by atoms with Gasteiger partial charge in [-0.05, 0) is 57.1 Å². The van der Waals surface area contributed by atoms with Crippen molar-refractivity contribution < 1.29 is 23.5 Å². The van der Waals surface area contributed by atoms with E-state index in [0.29, 0.717) is 24.3 Å². The van der Waals surface area contributed by atoms with Gasteiger partial charge in [0.2, 0.25) is 0 Å². The van der Waals surface area contributed by atoms with E-state index in [2.05, 4.69) is 21.3 Å². The largest absolute Gasteiger partial charge is 0.550 e. The number of ether oxygens (including phenoxy) is 2. The number of nitriles is 1. The molecule has 38 heavy (non-hydrogen) atoms. The Morgan fingerprint density at radius 2 is 2.03 bits per heavy atom. The molecule has 5 rings (SSSR count). The van der Waals surface area contributed by atoms with Crippen LogP contribution in [0.2, 0.25) is 0 Å². The molecule has 3 aliphatic rings. The number of carbonyl (C=O) groups excluding carboxylic acids is 2. The van der Waals surface area contributed by atoms with Gasteiger partial charge >= 0.3 is 12.2 Å². The first kappa shape index (κ1) is 25.9. The number of quaternary nitrogens is 1. The lowest BCUT2D eigenvalue weighted by Gasteiger charge is -2.27. The number of isothiocyanates is 1. The number of cyclic esters (lactones) is 1. The molecular formula is C27H27FN5O4S+. The van der Waals surface area contributed by atoms with Crippen LogP contribution >= 0.6 is 12.2 Å². The maximum Gasteiger partial charge on any atom is 0.550 e. The van der Waals surface area contributed by atoms with Crippen molar-refractivity contribution in [2.75, 3.05) is 19.6 Å². The van der Waals surface area contributed by atoms with Gasteiger partial charge in [-0.2, -0.15) is 10.1 Å². The van der Waals surface area contributed by atoms with Crippen molar-refractivity contribution in [1.82, 2.24) is 14.5 Å². The van der Waals surface area contributed by atoms with E-state index in [1.165, 1.54) is 12.3 Å². The minimum absolute atomic E-state index is 0.0290. The van der Waals surface area contributed by atoms with E-state index in [0.717, 1.165) is 0 Å². The third-order valence-corrected chi connectivity index (χ3v) is 7.51. The molecule has 3 heterocycles. The summed E-state index contributed by atoms with van der Waals surface area (Å²) >= 11 is 4.72. The van der Waals surface area contributed by atoms with E-state index in [9.17, 15) is 14.9 Å². The minimum Gasteiger partial charge on any atom is -0.444 e. The van der Waals surface area contributed by atoms with Crippen molar-refractivity contribution >= 4 is 35.3 Å². The van der Waals surface area contributed by atoms with Crippen molar-refractivity contribution in [3.05, 3.63) is 48.0 Å². The number of carbonyl (C=O) groups is 2. The Labute approximate surface area is 225 Å². The first-order valence-corrected chi connectivity index (χ1v) is 12.7. The molecule has 2 unspecified atom stereocenters. The zero-order chi connectivity index (χ0) is 27.5. The van der Waals surface area contributed by atoms with Gasteiger partial charge in [-0.15, -0.1) is 0 Å². The molecule has 3 fully saturated rings. The second kappa shape index (κ2) is 8.95. The molecule has 0 radical (unpaired) electrons. The maximum absolute atomic E-state index is 15.3. The molecule has 0 N–H and O–H groups in total. The lowest BCUT2D eigenvalue weighted by molar-refractivity contribution is 0.0265. The monoisotopic (exact) mass is 536 g/mol. The number of piperidine rings is 1. The lowest BCUT2D eigenvalue weighted by atomic mass is 9.95. The Morgan fingerprint density at radius 1 is 1.32 bits per heavy atom. The van der Waals surface area contributed by atoms with Gasteiger partial charge in [-0.3, -0.25) is 4.98 Å². The normalized spacial score (nSPS) is 29.6. The fourth-order valence-corrected chi connectivity index (χ4v) is 5.78. The highest BCUT2D eigenvalue weighted by molar-refractivity contribution is 7.78. The molecule has 9 nitrogen and oxygen atoms in total. The van der Waals surface area contributed by atoms with E-state index < -0.39 is 33.6 Å². The highest BCUT2D eigenvalue weighted by Crippen LogP contribution is 2.62. The maximum atomic E-state index is 15.3. The number of benzene rings is 1. The smallest absolute Gasteiger partial charge is 0.444 e. The van der Waals surface area contributed by atoms with Crippen LogP contribution in [0.15, 0.2) is 41.6 Å². The van der Waals surface area contributed by atoms with E-state index in [1.54, 1.807) is 36.1 Å². The number of likely N-dealkylation sites (tertiary alicyclic amines) is 1. The van der Waals surface area contributed by atoms with Crippen LogP contribution < -0.4 is 4.59 Å². The first-order valence-electron chi connectivity index (χ1n) is 12.3. The van der Waals surface area contributed by atoms with E-state index in [4.69, 9.17) is 21.7 Å². The fraction of sp³-hybridized carbons (Fsp3) is 0.444. The Balaban J connectivity index is 1.35. The number of nitrogens with zero attached hydrogens (tertiary/aromatic N) is 5. The summed E-state index contributed by atoms with van der Waals surface area (Å²) in [6.07, 6.45) is 0.114. The predicted molar refractivity (Wildman–Crippen MR) is 139 cm³/mol. The summed E-state index contributed by atoms with van der Waals surface area (Å²) in [5, 5.41) is 16.3. The Bertz CT molecular complexity index is 1400. The number of fused-ring (bicyclic) bond motifs is 1. The summed E-state index contributed by atoms with van der Waals surface area (Å²) in [6, 6.07) is 10.3. The van der Waals surface area contributed by atoms with Gasteiger partial charge in [0.1, 0.15) is 22.0 Å². The van der Waals surface area contributed by atoms with Crippen LogP contribution in [0.1, 0.15) is 33.4 Å². The van der Waals surface area contributed by atoms with Crippen LogP contribution in [-0.4, -0.2) is 58.6 Å². The van der Waals surface area contributed by atoms with Crippen LogP contribution in [0, 0.1) is 29.0 Å². The summed E-state index contributed by atoms with van der Waals surface area (Å²) < 4.78 is 25.4. The molecule has 2 aromatic rings. The van der Waals surface area contributed by atoms with E-state index >= 15 is 4.39 Å². The highest BCUT2D eigenvalue weighted by atomic mass is 32.1. The summed E-state index contributed by atoms with van der Waals surface area (Å²) in [6.45, 7) is 8.22. The molecule has 1 aromatic carbocycles. The molecule has 196 valence electrons. The highest BCUT2D eigenvalue weighted by Gasteiger charge is 2.71. The third-order valence-electron chi connectivity index (χ3n) is 7.43. The molecule has 1 aromatic heterocycles. The zero-order valence-electron chi connectivity index (χ0n) is 21.5. The Hall–Kier alpha value is -3.71. The molecule has 0 spiro atoms. The first-order chi connectivity index (χ1) is 17.9. The fourth-order valence-electron chi connectivity index (χ4n) is 5.64. The molecule has 1 aliphatic carbocycles. The van der Waals surface area contributed by atoms with Gasteiger partial charge in [0.05, 0.1) is 11.8 Å². The van der Waals surface area contributed by atoms with Gasteiger partial charge < -0.3 is 14.4 Å². The minimum atomic E-state index is -0.776. The number of thiocarbonyl (C=S) groups is 1. The quantitative estimate of drug-likeness (QED) is 0.307. The molecule has 1 saturated carbocycles. The SMILES string of the molecule is C[C@H]1C[N+](N=C=S)(c2ccc(-c3ccc(C4(C#N)[C@@H]5CN(C(=O)OC(C)(C)C)C[C@@H]54)nc3)c(F)c2)C(=O)O1. The van der Waals surface area contributed by atoms with Crippen molar-refractivity contribution in [2.24, 2.45) is 16.9 Å². The zero-order valence-corrected chi connectivity index (χ0v) is 22.3. The number of halogens is 1. The Kier molecular flexibility index (Phi) is 6.10.